The average Bonchev–Trinajstić information content (AvgIpc) is 2.73. The maximum atomic E-state index is 12.1. The first-order valence-electron chi connectivity index (χ1n) is 6.20. The lowest BCUT2D eigenvalue weighted by Gasteiger charge is -2.06. The van der Waals surface area contributed by atoms with Crippen LogP contribution in [0.4, 0.5) is 5.69 Å². The van der Waals surface area contributed by atoms with Gasteiger partial charge in [0.2, 0.25) is 0 Å². The van der Waals surface area contributed by atoms with Crippen molar-refractivity contribution in [3.8, 4) is 0 Å². The van der Waals surface area contributed by atoms with E-state index in [9.17, 15) is 4.79 Å². The van der Waals surface area contributed by atoms with Gasteiger partial charge in [-0.05, 0) is 37.6 Å². The summed E-state index contributed by atoms with van der Waals surface area (Å²) in [6.07, 6.45) is 2.42. The van der Waals surface area contributed by atoms with E-state index in [0.717, 1.165) is 23.4 Å². The summed E-state index contributed by atoms with van der Waals surface area (Å²) in [5, 5.41) is 6.92. The van der Waals surface area contributed by atoms with Gasteiger partial charge in [0.1, 0.15) is 0 Å². The first-order chi connectivity index (χ1) is 9.11. The van der Waals surface area contributed by atoms with Crippen molar-refractivity contribution < 1.29 is 4.79 Å². The number of hydrogen-bond acceptors (Lipinski definition) is 3. The number of hydrogen-bond donors (Lipinski definition) is 2. The van der Waals surface area contributed by atoms with Crippen molar-refractivity contribution in [1.82, 2.24) is 9.78 Å². The van der Waals surface area contributed by atoms with Gasteiger partial charge in [0.05, 0.1) is 11.8 Å². The highest BCUT2D eigenvalue weighted by Gasteiger charge is 2.12. The Kier molecular flexibility index (Phi) is 3.97. The second kappa shape index (κ2) is 5.67. The number of nitrogens with one attached hydrogen (secondary N) is 1. The Labute approximate surface area is 112 Å². The largest absolute Gasteiger partial charge is 0.330 e. The molecule has 0 saturated carbocycles. The maximum Gasteiger partial charge on any atom is 0.259 e. The minimum atomic E-state index is -0.142. The number of aromatic nitrogens is 2. The van der Waals surface area contributed by atoms with Gasteiger partial charge in [0.25, 0.3) is 5.91 Å². The van der Waals surface area contributed by atoms with Crippen LogP contribution in [-0.4, -0.2) is 22.2 Å². The van der Waals surface area contributed by atoms with Gasteiger partial charge in [-0.2, -0.15) is 5.10 Å². The Bertz CT molecular complexity index is 572. The Balaban J connectivity index is 2.08. The van der Waals surface area contributed by atoms with Crippen molar-refractivity contribution in [1.29, 1.82) is 0 Å². The van der Waals surface area contributed by atoms with Gasteiger partial charge in [-0.15, -0.1) is 0 Å². The SMILES string of the molecule is Cc1c(C(=O)Nc2ccc(CCN)cc2)cnn1C. The number of aryl methyl sites for hydroxylation is 1. The van der Waals surface area contributed by atoms with Gasteiger partial charge in [-0.25, -0.2) is 0 Å². The smallest absolute Gasteiger partial charge is 0.259 e. The fraction of sp³-hybridized carbons (Fsp3) is 0.286. The van der Waals surface area contributed by atoms with E-state index < -0.39 is 0 Å². The fourth-order valence-electron chi connectivity index (χ4n) is 1.84. The molecule has 2 aromatic rings. The summed E-state index contributed by atoms with van der Waals surface area (Å²) in [5.41, 5.74) is 8.87. The van der Waals surface area contributed by atoms with Crippen LogP contribution in [0.1, 0.15) is 21.6 Å². The zero-order chi connectivity index (χ0) is 13.8. The van der Waals surface area contributed by atoms with Crippen molar-refractivity contribution in [2.24, 2.45) is 12.8 Å². The molecule has 2 rings (SSSR count). The monoisotopic (exact) mass is 258 g/mol. The molecule has 100 valence electrons. The Morgan fingerprint density at radius 2 is 2.05 bits per heavy atom. The quantitative estimate of drug-likeness (QED) is 0.872. The highest BCUT2D eigenvalue weighted by atomic mass is 16.1. The van der Waals surface area contributed by atoms with E-state index in [1.165, 1.54) is 0 Å². The fourth-order valence-corrected chi connectivity index (χ4v) is 1.84. The van der Waals surface area contributed by atoms with Crippen LogP contribution in [0, 0.1) is 6.92 Å². The molecular formula is C14H18N4O. The van der Waals surface area contributed by atoms with E-state index in [1.54, 1.807) is 10.9 Å². The molecule has 0 aliphatic rings. The van der Waals surface area contributed by atoms with E-state index in [1.807, 2.05) is 38.2 Å². The highest BCUT2D eigenvalue weighted by Crippen LogP contribution is 2.13. The molecule has 1 heterocycles. The second-order valence-corrected chi connectivity index (χ2v) is 4.46. The highest BCUT2D eigenvalue weighted by molar-refractivity contribution is 6.04. The molecule has 0 saturated heterocycles. The number of nitrogens with two attached hydrogens (primary N) is 1. The third kappa shape index (κ3) is 3.00. The lowest BCUT2D eigenvalue weighted by molar-refractivity contribution is 0.102. The summed E-state index contributed by atoms with van der Waals surface area (Å²) in [4.78, 5) is 12.1. The summed E-state index contributed by atoms with van der Waals surface area (Å²) in [7, 11) is 1.81. The van der Waals surface area contributed by atoms with Gasteiger partial charge < -0.3 is 11.1 Å². The van der Waals surface area contributed by atoms with Crippen molar-refractivity contribution in [3.63, 3.8) is 0 Å². The van der Waals surface area contributed by atoms with Crippen LogP contribution < -0.4 is 11.1 Å². The third-order valence-electron chi connectivity index (χ3n) is 3.12. The molecule has 0 unspecified atom stereocenters. The molecule has 0 radical (unpaired) electrons. The summed E-state index contributed by atoms with van der Waals surface area (Å²) < 4.78 is 1.68. The minimum Gasteiger partial charge on any atom is -0.330 e. The predicted octanol–water partition coefficient (Wildman–Crippen LogP) is 1.48. The van der Waals surface area contributed by atoms with Gasteiger partial charge in [0.15, 0.2) is 0 Å². The van der Waals surface area contributed by atoms with Gasteiger partial charge in [0, 0.05) is 18.4 Å². The number of benzene rings is 1. The van der Waals surface area contributed by atoms with Crippen LogP contribution in [-0.2, 0) is 13.5 Å². The molecule has 5 nitrogen and oxygen atoms in total. The maximum absolute atomic E-state index is 12.1. The van der Waals surface area contributed by atoms with Crippen LogP contribution in [0.5, 0.6) is 0 Å². The van der Waals surface area contributed by atoms with E-state index in [-0.39, 0.29) is 5.91 Å². The number of nitrogens with zero attached hydrogens (tertiary/aromatic N) is 2. The normalized spacial score (nSPS) is 10.5. The van der Waals surface area contributed by atoms with Crippen LogP contribution in [0.2, 0.25) is 0 Å². The number of carbonyl (C=O) groups excluding carboxylic acids is 1. The molecule has 5 heteroatoms. The molecule has 0 aliphatic heterocycles. The predicted molar refractivity (Wildman–Crippen MR) is 75.1 cm³/mol. The van der Waals surface area contributed by atoms with Crippen molar-refractivity contribution in [3.05, 3.63) is 47.3 Å². The van der Waals surface area contributed by atoms with Crippen LogP contribution >= 0.6 is 0 Å². The van der Waals surface area contributed by atoms with E-state index >= 15 is 0 Å². The molecule has 19 heavy (non-hydrogen) atoms. The van der Waals surface area contributed by atoms with Crippen LogP contribution in [0.25, 0.3) is 0 Å². The molecule has 1 aromatic carbocycles. The Hall–Kier alpha value is -2.14. The lowest BCUT2D eigenvalue weighted by Crippen LogP contribution is -2.13. The van der Waals surface area contributed by atoms with Crippen LogP contribution in [0.15, 0.2) is 30.5 Å². The molecule has 0 fully saturated rings. The first-order valence-corrected chi connectivity index (χ1v) is 6.20. The van der Waals surface area contributed by atoms with E-state index in [4.69, 9.17) is 5.73 Å². The molecule has 3 N–H and O–H groups in total. The third-order valence-corrected chi connectivity index (χ3v) is 3.12. The summed E-state index contributed by atoms with van der Waals surface area (Å²) in [5.74, 6) is -0.142. The van der Waals surface area contributed by atoms with Crippen molar-refractivity contribution >= 4 is 11.6 Å². The minimum absolute atomic E-state index is 0.142. The van der Waals surface area contributed by atoms with E-state index in [2.05, 4.69) is 10.4 Å². The second-order valence-electron chi connectivity index (χ2n) is 4.46. The Morgan fingerprint density at radius 3 is 2.58 bits per heavy atom. The van der Waals surface area contributed by atoms with Gasteiger partial charge in [-0.3, -0.25) is 9.48 Å². The molecule has 0 spiro atoms. The number of rotatable bonds is 4. The summed E-state index contributed by atoms with van der Waals surface area (Å²) in [6.45, 7) is 2.49. The number of anilines is 1. The molecule has 0 atom stereocenters. The molecule has 1 amide bonds. The zero-order valence-electron chi connectivity index (χ0n) is 11.2. The van der Waals surface area contributed by atoms with Gasteiger partial charge in [-0.1, -0.05) is 12.1 Å². The average molecular weight is 258 g/mol. The summed E-state index contributed by atoms with van der Waals surface area (Å²) >= 11 is 0. The van der Waals surface area contributed by atoms with E-state index in [0.29, 0.717) is 12.1 Å². The van der Waals surface area contributed by atoms with Crippen molar-refractivity contribution in [2.45, 2.75) is 13.3 Å². The Morgan fingerprint density at radius 1 is 1.37 bits per heavy atom. The molecule has 0 aliphatic carbocycles. The lowest BCUT2D eigenvalue weighted by atomic mass is 10.1. The topological polar surface area (TPSA) is 72.9 Å². The first kappa shape index (κ1) is 13.3. The summed E-state index contributed by atoms with van der Waals surface area (Å²) in [6, 6.07) is 7.71. The number of amides is 1. The van der Waals surface area contributed by atoms with Crippen molar-refractivity contribution in [2.75, 3.05) is 11.9 Å². The molecular weight excluding hydrogens is 240 g/mol. The number of carbonyl (C=O) groups is 1. The molecule has 1 aromatic heterocycles. The zero-order valence-corrected chi connectivity index (χ0v) is 11.2. The standard InChI is InChI=1S/C14H18N4O/c1-10-13(9-16-18(10)2)14(19)17-12-5-3-11(4-6-12)7-8-15/h3-6,9H,7-8,15H2,1-2H3,(H,17,19). The van der Waals surface area contributed by atoms with Crippen LogP contribution in [0.3, 0.4) is 0 Å². The molecule has 0 bridgehead atoms. The van der Waals surface area contributed by atoms with Gasteiger partial charge >= 0.3 is 0 Å².